The fourth-order valence-electron chi connectivity index (χ4n) is 3.05. The number of urea groups is 2. The molecule has 0 fully saturated rings. The van der Waals surface area contributed by atoms with Crippen LogP contribution in [0, 0.1) is 0 Å². The summed E-state index contributed by atoms with van der Waals surface area (Å²) < 4.78 is 44.7. The summed E-state index contributed by atoms with van der Waals surface area (Å²) in [7, 11) is 1.52. The molecule has 0 aromatic heterocycles. The van der Waals surface area contributed by atoms with E-state index in [1.54, 1.807) is 48.5 Å². The van der Waals surface area contributed by atoms with E-state index in [-0.39, 0.29) is 18.8 Å². The molecule has 0 aliphatic heterocycles. The summed E-state index contributed by atoms with van der Waals surface area (Å²) in [5.74, 6) is 0.624. The van der Waals surface area contributed by atoms with Crippen LogP contribution in [0.3, 0.4) is 0 Å². The zero-order valence-corrected chi connectivity index (χ0v) is 19.3. The molecule has 4 amide bonds. The van der Waals surface area contributed by atoms with Gasteiger partial charge in [0, 0.05) is 35.2 Å². The van der Waals surface area contributed by atoms with Gasteiger partial charge in [0.1, 0.15) is 5.75 Å². The number of hydrogen-bond donors (Lipinski definition) is 3. The van der Waals surface area contributed by atoms with Gasteiger partial charge in [-0.2, -0.15) is 13.2 Å². The minimum atomic E-state index is -4.58. The zero-order chi connectivity index (χ0) is 25.4. The largest absolute Gasteiger partial charge is 0.497 e. The number of rotatable bonds is 7. The lowest BCUT2D eigenvalue weighted by molar-refractivity contribution is -0.137. The molecule has 184 valence electrons. The molecule has 7 nitrogen and oxygen atoms in total. The van der Waals surface area contributed by atoms with Crippen LogP contribution in [0.2, 0.25) is 5.02 Å². The summed E-state index contributed by atoms with van der Waals surface area (Å²) in [5.41, 5.74) is 0.0354. The number of carbonyl (C=O) groups is 2. The number of carbonyl (C=O) groups excluding carboxylic acids is 2. The van der Waals surface area contributed by atoms with Crippen molar-refractivity contribution in [3.05, 3.63) is 83.4 Å². The maximum Gasteiger partial charge on any atom is 0.416 e. The number of alkyl halides is 3. The smallest absolute Gasteiger partial charge is 0.416 e. The number of anilines is 3. The summed E-state index contributed by atoms with van der Waals surface area (Å²) >= 11 is 5.86. The van der Waals surface area contributed by atoms with Crippen LogP contribution in [0.25, 0.3) is 0 Å². The first-order chi connectivity index (χ1) is 16.7. The third-order valence-electron chi connectivity index (χ3n) is 4.79. The maximum absolute atomic E-state index is 13.2. The van der Waals surface area contributed by atoms with Crippen molar-refractivity contribution < 1.29 is 27.5 Å². The summed E-state index contributed by atoms with van der Waals surface area (Å²) in [6, 6.07) is 16.1. The van der Waals surface area contributed by atoms with E-state index in [0.29, 0.717) is 22.1 Å². The Morgan fingerprint density at radius 3 is 2.20 bits per heavy atom. The van der Waals surface area contributed by atoms with E-state index in [1.807, 2.05) is 0 Å². The molecule has 0 spiro atoms. The highest BCUT2D eigenvalue weighted by Gasteiger charge is 2.31. The number of halogens is 4. The van der Waals surface area contributed by atoms with E-state index in [2.05, 4.69) is 16.0 Å². The first kappa shape index (κ1) is 25.7. The van der Waals surface area contributed by atoms with Crippen LogP contribution >= 0.6 is 11.6 Å². The van der Waals surface area contributed by atoms with Crippen molar-refractivity contribution >= 4 is 40.7 Å². The maximum atomic E-state index is 13.2. The Bertz CT molecular complexity index is 1160. The molecule has 0 heterocycles. The summed E-state index contributed by atoms with van der Waals surface area (Å²) in [5, 5.41) is 8.30. The van der Waals surface area contributed by atoms with Crippen molar-refractivity contribution in [3.8, 4) is 5.75 Å². The molecule has 3 N–H and O–H groups in total. The number of methoxy groups -OCH3 is 1. The van der Waals surface area contributed by atoms with E-state index in [4.69, 9.17) is 16.3 Å². The molecule has 35 heavy (non-hydrogen) atoms. The van der Waals surface area contributed by atoms with Gasteiger partial charge in [-0.25, -0.2) is 9.59 Å². The molecule has 0 atom stereocenters. The molecule has 11 heteroatoms. The SMILES string of the molecule is COc1ccc(NC(=O)NCCN(C(=O)Nc2ccc(Cl)cc2)c2cccc(C(F)(F)F)c2)cc1. The highest BCUT2D eigenvalue weighted by Crippen LogP contribution is 2.32. The summed E-state index contributed by atoms with van der Waals surface area (Å²) in [4.78, 5) is 26.3. The number of amides is 4. The van der Waals surface area contributed by atoms with Gasteiger partial charge in [-0.3, -0.25) is 4.90 Å². The lowest BCUT2D eigenvalue weighted by Gasteiger charge is -2.24. The van der Waals surface area contributed by atoms with Gasteiger partial charge in [-0.05, 0) is 66.7 Å². The second-order valence-electron chi connectivity index (χ2n) is 7.25. The fourth-order valence-corrected chi connectivity index (χ4v) is 3.18. The molecule has 3 aromatic rings. The van der Waals surface area contributed by atoms with Crippen molar-refractivity contribution in [2.24, 2.45) is 0 Å². The molecular weight excluding hydrogens is 485 g/mol. The van der Waals surface area contributed by atoms with Crippen LogP contribution in [0.5, 0.6) is 5.75 Å². The molecule has 0 unspecified atom stereocenters. The number of nitrogens with zero attached hydrogens (tertiary/aromatic N) is 1. The van der Waals surface area contributed by atoms with E-state index in [1.165, 1.54) is 19.2 Å². The topological polar surface area (TPSA) is 82.7 Å². The molecular formula is C24H22ClF3N4O3. The molecule has 3 rings (SSSR count). The molecule has 0 radical (unpaired) electrons. The molecule has 0 saturated carbocycles. The highest BCUT2D eigenvalue weighted by atomic mass is 35.5. The fraction of sp³-hybridized carbons (Fsp3) is 0.167. The van der Waals surface area contributed by atoms with E-state index >= 15 is 0 Å². The van der Waals surface area contributed by atoms with E-state index < -0.39 is 23.8 Å². The lowest BCUT2D eigenvalue weighted by Crippen LogP contribution is -2.42. The van der Waals surface area contributed by atoms with Gasteiger partial charge in [0.15, 0.2) is 0 Å². The third kappa shape index (κ3) is 7.54. The van der Waals surface area contributed by atoms with Crippen molar-refractivity contribution in [1.82, 2.24) is 5.32 Å². The molecule has 0 aliphatic rings. The summed E-state index contributed by atoms with van der Waals surface area (Å²) in [6.45, 7) is -0.136. The number of hydrogen-bond acceptors (Lipinski definition) is 3. The standard InChI is InChI=1S/C24H22ClF3N4O3/c1-35-21-11-9-18(10-12-21)30-22(33)29-13-14-32(20-4-2-3-16(15-20)24(26,27)28)23(34)31-19-7-5-17(25)6-8-19/h2-12,15H,13-14H2,1H3,(H,31,34)(H2,29,30,33). The lowest BCUT2D eigenvalue weighted by atomic mass is 10.2. The van der Waals surface area contributed by atoms with E-state index in [0.717, 1.165) is 17.0 Å². The first-order valence-corrected chi connectivity index (χ1v) is 10.7. The quantitative estimate of drug-likeness (QED) is 0.355. The number of benzene rings is 3. The Kier molecular flexibility index (Phi) is 8.43. The Morgan fingerprint density at radius 1 is 0.943 bits per heavy atom. The van der Waals surface area contributed by atoms with Gasteiger partial charge >= 0.3 is 18.2 Å². The number of nitrogens with one attached hydrogen (secondary N) is 3. The Labute approximate surface area is 204 Å². The number of ether oxygens (including phenoxy) is 1. The Morgan fingerprint density at radius 2 is 1.57 bits per heavy atom. The van der Waals surface area contributed by atoms with Crippen LogP contribution in [-0.2, 0) is 6.18 Å². The average molecular weight is 507 g/mol. The van der Waals surface area contributed by atoms with Crippen molar-refractivity contribution in [3.63, 3.8) is 0 Å². The van der Waals surface area contributed by atoms with Crippen molar-refractivity contribution in [1.29, 1.82) is 0 Å². The van der Waals surface area contributed by atoms with Gasteiger partial charge in [0.25, 0.3) is 0 Å². The third-order valence-corrected chi connectivity index (χ3v) is 5.05. The van der Waals surface area contributed by atoms with Crippen molar-refractivity contribution in [2.45, 2.75) is 6.18 Å². The predicted molar refractivity (Wildman–Crippen MR) is 129 cm³/mol. The van der Waals surface area contributed by atoms with E-state index in [9.17, 15) is 22.8 Å². The van der Waals surface area contributed by atoms with Crippen LogP contribution in [0.15, 0.2) is 72.8 Å². The highest BCUT2D eigenvalue weighted by molar-refractivity contribution is 6.30. The van der Waals surface area contributed by atoms with Gasteiger partial charge in [-0.1, -0.05) is 17.7 Å². The van der Waals surface area contributed by atoms with Gasteiger partial charge in [-0.15, -0.1) is 0 Å². The minimum absolute atomic E-state index is 0.0173. The van der Waals surface area contributed by atoms with Crippen LogP contribution in [0.1, 0.15) is 5.56 Å². The first-order valence-electron chi connectivity index (χ1n) is 10.4. The normalized spacial score (nSPS) is 10.9. The monoisotopic (exact) mass is 506 g/mol. The Balaban J connectivity index is 1.70. The summed E-state index contributed by atoms with van der Waals surface area (Å²) in [6.07, 6.45) is -4.58. The Hall–Kier alpha value is -3.92. The average Bonchev–Trinajstić information content (AvgIpc) is 2.83. The second kappa shape index (κ2) is 11.5. The zero-order valence-electron chi connectivity index (χ0n) is 18.5. The van der Waals surface area contributed by atoms with Crippen LogP contribution < -0.4 is 25.6 Å². The minimum Gasteiger partial charge on any atom is -0.497 e. The van der Waals surface area contributed by atoms with Crippen LogP contribution in [-0.4, -0.2) is 32.3 Å². The molecule has 0 aliphatic carbocycles. The predicted octanol–water partition coefficient (Wildman–Crippen LogP) is 6.23. The van der Waals surface area contributed by atoms with Crippen LogP contribution in [0.4, 0.5) is 39.8 Å². The molecule has 3 aromatic carbocycles. The second-order valence-corrected chi connectivity index (χ2v) is 7.68. The molecule has 0 saturated heterocycles. The molecule has 0 bridgehead atoms. The van der Waals surface area contributed by atoms with Gasteiger partial charge in [0.05, 0.1) is 12.7 Å². The van der Waals surface area contributed by atoms with Crippen molar-refractivity contribution in [2.75, 3.05) is 35.7 Å². The van der Waals surface area contributed by atoms with Gasteiger partial charge in [0.2, 0.25) is 0 Å². The van der Waals surface area contributed by atoms with Gasteiger partial charge < -0.3 is 20.7 Å².